The number of rotatable bonds is 7. The Morgan fingerprint density at radius 2 is 0.882 bits per heavy atom. The van der Waals surface area contributed by atoms with Crippen molar-refractivity contribution in [2.75, 3.05) is 0 Å². The molecule has 0 unspecified atom stereocenters. The van der Waals surface area contributed by atoms with E-state index >= 15 is 0 Å². The SMILES string of the molecule is c1ccc(-c2nc(-c3ccc4c(c3)oc3cccc(-c5ccccc5)c34)nc(-c3cccc4oc5ccc(-c6ccc7sc8c(-c9ccc%10c(c9)c9ccccc9n%10-c9ccccc9)cccc8c7c6)cc5c34)n2)cc1. The zero-order valence-corrected chi connectivity index (χ0v) is 41.4. The van der Waals surface area contributed by atoms with Gasteiger partial charge in [-0.15, -0.1) is 11.3 Å². The molecule has 16 aromatic rings. The summed E-state index contributed by atoms with van der Waals surface area (Å²) < 4.78 is 18.1. The van der Waals surface area contributed by atoms with Crippen molar-refractivity contribution in [1.29, 1.82) is 0 Å². The number of aromatic nitrogens is 4. The second-order valence-electron chi connectivity index (χ2n) is 19.4. The van der Waals surface area contributed by atoms with Gasteiger partial charge in [0.2, 0.25) is 0 Å². The van der Waals surface area contributed by atoms with Gasteiger partial charge in [0.05, 0.1) is 11.0 Å². The van der Waals surface area contributed by atoms with E-state index in [1.165, 1.54) is 53.1 Å². The van der Waals surface area contributed by atoms with E-state index in [1.54, 1.807) is 0 Å². The second kappa shape index (κ2) is 16.8. The van der Waals surface area contributed by atoms with Gasteiger partial charge in [-0.05, 0) is 112 Å². The Bertz CT molecular complexity index is 4990. The molecule has 0 atom stereocenters. The molecular weight excluding hydrogens is 949 g/mol. The van der Waals surface area contributed by atoms with Gasteiger partial charge in [-0.1, -0.05) is 164 Å². The average Bonchev–Trinajstić information content (AvgIpc) is 4.30. The zero-order valence-electron chi connectivity index (χ0n) is 40.6. The molecule has 0 amide bonds. The summed E-state index contributed by atoms with van der Waals surface area (Å²) in [5.74, 6) is 1.69. The Labute approximate surface area is 439 Å². The summed E-state index contributed by atoms with van der Waals surface area (Å²) in [5, 5.41) is 9.04. The van der Waals surface area contributed by atoms with Crippen molar-refractivity contribution in [3.8, 4) is 73.2 Å². The van der Waals surface area contributed by atoms with Crippen molar-refractivity contribution in [2.45, 2.75) is 0 Å². The predicted octanol–water partition coefficient (Wildman–Crippen LogP) is 19.1. The van der Waals surface area contributed by atoms with Crippen molar-refractivity contribution in [3.63, 3.8) is 0 Å². The molecule has 7 heteroatoms. The minimum atomic E-state index is 0.552. The minimum Gasteiger partial charge on any atom is -0.456 e. The van der Waals surface area contributed by atoms with Crippen LogP contribution in [0.15, 0.2) is 251 Å². The van der Waals surface area contributed by atoms with E-state index in [4.69, 9.17) is 23.8 Å². The lowest BCUT2D eigenvalue weighted by Crippen LogP contribution is -2.00. The van der Waals surface area contributed by atoms with Crippen LogP contribution < -0.4 is 0 Å². The van der Waals surface area contributed by atoms with E-state index in [2.05, 4.69) is 193 Å². The fourth-order valence-electron chi connectivity index (χ4n) is 11.6. The Morgan fingerprint density at radius 1 is 0.303 bits per heavy atom. The Kier molecular flexibility index (Phi) is 9.40. The molecule has 354 valence electrons. The summed E-state index contributed by atoms with van der Waals surface area (Å²) in [6.07, 6.45) is 0. The standard InChI is InChI=1S/C69H40N4O2S/c1-4-15-41(16-5-1)48-22-13-27-60-64(48)52-33-29-46(40-62(52)75-60)68-70-67(42-17-6-2-7-18-42)71-69(72-68)53-25-14-28-61-65(53)56-38-43(31-35-59(56)74-61)44-32-36-63-55(37-44)51-24-12-23-49(66(51)76-63)45-30-34-58-54(39-45)50-21-10-11-26-57(50)73(58)47-19-8-3-9-20-47/h1-40H. The van der Waals surface area contributed by atoms with E-state index in [0.29, 0.717) is 17.5 Å². The van der Waals surface area contributed by atoms with Gasteiger partial charge >= 0.3 is 0 Å². The molecule has 5 aromatic heterocycles. The average molecular weight is 989 g/mol. The summed E-state index contributed by atoms with van der Waals surface area (Å²) in [7, 11) is 0. The Balaban J connectivity index is 0.805. The van der Waals surface area contributed by atoms with Crippen LogP contribution in [0.3, 0.4) is 0 Å². The third-order valence-corrected chi connectivity index (χ3v) is 16.3. The fraction of sp³-hybridized carbons (Fsp3) is 0. The van der Waals surface area contributed by atoms with Crippen LogP contribution in [0.4, 0.5) is 0 Å². The summed E-state index contributed by atoms with van der Waals surface area (Å²) in [6, 6.07) is 85.6. The molecule has 0 N–H and O–H groups in total. The van der Waals surface area contributed by atoms with Crippen LogP contribution in [0, 0.1) is 0 Å². The summed E-state index contributed by atoms with van der Waals surface area (Å²) in [6.45, 7) is 0. The molecule has 0 aliphatic heterocycles. The molecule has 0 spiro atoms. The van der Waals surface area contributed by atoms with E-state index in [-0.39, 0.29) is 0 Å². The molecule has 0 aliphatic carbocycles. The quantitative estimate of drug-likeness (QED) is 0.159. The van der Waals surface area contributed by atoms with Crippen LogP contribution in [-0.2, 0) is 0 Å². The van der Waals surface area contributed by atoms with E-state index in [1.807, 2.05) is 65.9 Å². The van der Waals surface area contributed by atoms with Gasteiger partial charge in [0.25, 0.3) is 0 Å². The fourth-order valence-corrected chi connectivity index (χ4v) is 12.8. The molecule has 76 heavy (non-hydrogen) atoms. The third kappa shape index (κ3) is 6.69. The number of fused-ring (bicyclic) bond motifs is 12. The third-order valence-electron chi connectivity index (χ3n) is 15.1. The number of thiophene rings is 1. The number of hydrogen-bond donors (Lipinski definition) is 0. The number of furan rings is 2. The van der Waals surface area contributed by atoms with Gasteiger partial charge in [-0.3, -0.25) is 0 Å². The topological polar surface area (TPSA) is 69.9 Å². The van der Waals surface area contributed by atoms with Gasteiger partial charge in [-0.25, -0.2) is 15.0 Å². The van der Waals surface area contributed by atoms with Crippen molar-refractivity contribution >= 4 is 97.2 Å². The van der Waals surface area contributed by atoms with E-state index in [0.717, 1.165) is 88.5 Å². The number of hydrogen-bond acceptors (Lipinski definition) is 6. The maximum Gasteiger partial charge on any atom is 0.164 e. The maximum absolute atomic E-state index is 6.62. The summed E-state index contributed by atoms with van der Waals surface area (Å²) in [4.78, 5) is 15.6. The van der Waals surface area contributed by atoms with Crippen LogP contribution in [-0.4, -0.2) is 19.5 Å². The molecule has 5 heterocycles. The Morgan fingerprint density at radius 3 is 1.70 bits per heavy atom. The second-order valence-corrected chi connectivity index (χ2v) is 20.5. The summed E-state index contributed by atoms with van der Waals surface area (Å²) >= 11 is 1.86. The van der Waals surface area contributed by atoms with E-state index in [9.17, 15) is 0 Å². The molecule has 11 aromatic carbocycles. The first kappa shape index (κ1) is 42.5. The highest BCUT2D eigenvalue weighted by Crippen LogP contribution is 2.45. The first-order chi connectivity index (χ1) is 37.6. The first-order valence-electron chi connectivity index (χ1n) is 25.5. The molecule has 0 fully saturated rings. The lowest BCUT2D eigenvalue weighted by atomic mass is 9.98. The van der Waals surface area contributed by atoms with E-state index < -0.39 is 0 Å². The molecule has 0 bridgehead atoms. The molecule has 0 radical (unpaired) electrons. The van der Waals surface area contributed by atoms with Crippen LogP contribution in [0.2, 0.25) is 0 Å². The Hall–Kier alpha value is -9.95. The molecule has 0 aliphatic rings. The van der Waals surface area contributed by atoms with Crippen LogP contribution in [0.5, 0.6) is 0 Å². The number of nitrogens with zero attached hydrogens (tertiary/aromatic N) is 4. The van der Waals surface area contributed by atoms with Gasteiger partial charge < -0.3 is 13.4 Å². The normalized spacial score (nSPS) is 11.9. The van der Waals surface area contributed by atoms with Crippen molar-refractivity contribution in [3.05, 3.63) is 243 Å². The van der Waals surface area contributed by atoms with Crippen LogP contribution >= 0.6 is 11.3 Å². The van der Waals surface area contributed by atoms with Gasteiger partial charge in [0.1, 0.15) is 22.3 Å². The zero-order chi connectivity index (χ0) is 49.8. The van der Waals surface area contributed by atoms with Crippen LogP contribution in [0.1, 0.15) is 0 Å². The highest BCUT2D eigenvalue weighted by Gasteiger charge is 2.21. The van der Waals surface area contributed by atoms with Gasteiger partial charge in [-0.2, -0.15) is 0 Å². The first-order valence-corrected chi connectivity index (χ1v) is 26.3. The highest BCUT2D eigenvalue weighted by atomic mass is 32.1. The number of benzene rings is 11. The molecule has 16 rings (SSSR count). The number of para-hydroxylation sites is 2. The molecule has 0 saturated carbocycles. The highest BCUT2D eigenvalue weighted by molar-refractivity contribution is 7.26. The van der Waals surface area contributed by atoms with Crippen molar-refractivity contribution in [1.82, 2.24) is 19.5 Å². The monoisotopic (exact) mass is 988 g/mol. The molecule has 6 nitrogen and oxygen atoms in total. The maximum atomic E-state index is 6.62. The van der Waals surface area contributed by atoms with Crippen molar-refractivity contribution in [2.24, 2.45) is 0 Å². The van der Waals surface area contributed by atoms with Gasteiger partial charge in [0.15, 0.2) is 17.5 Å². The molecule has 0 saturated heterocycles. The van der Waals surface area contributed by atoms with Crippen molar-refractivity contribution < 1.29 is 8.83 Å². The van der Waals surface area contributed by atoms with Gasteiger partial charge in [0, 0.05) is 74.9 Å². The van der Waals surface area contributed by atoms with Crippen LogP contribution in [0.25, 0.3) is 159 Å². The smallest absolute Gasteiger partial charge is 0.164 e. The lowest BCUT2D eigenvalue weighted by Gasteiger charge is -2.09. The minimum absolute atomic E-state index is 0.552. The lowest BCUT2D eigenvalue weighted by molar-refractivity contribution is 0.668. The predicted molar refractivity (Wildman–Crippen MR) is 314 cm³/mol. The molecular formula is C69H40N4O2S. The summed E-state index contributed by atoms with van der Waals surface area (Å²) in [5.41, 5.74) is 16.3. The largest absolute Gasteiger partial charge is 0.456 e.